The van der Waals surface area contributed by atoms with Gasteiger partial charge in [0.15, 0.2) is 0 Å². The van der Waals surface area contributed by atoms with Gasteiger partial charge in [-0.15, -0.1) is 0 Å². The zero-order valence-electron chi connectivity index (χ0n) is 12.8. The van der Waals surface area contributed by atoms with Crippen LogP contribution in [0.2, 0.25) is 0 Å². The highest BCUT2D eigenvalue weighted by Gasteiger charge is 2.22. The quantitative estimate of drug-likeness (QED) is 0.634. The number of rotatable bonds is 11. The van der Waals surface area contributed by atoms with E-state index >= 15 is 0 Å². The maximum absolute atomic E-state index is 11.2. The minimum absolute atomic E-state index is 0.0840. The summed E-state index contributed by atoms with van der Waals surface area (Å²) >= 11 is 0. The Bertz CT molecular complexity index is 397. The van der Waals surface area contributed by atoms with Crippen LogP contribution in [0.3, 0.4) is 0 Å². The fourth-order valence-electron chi connectivity index (χ4n) is 2.34. The van der Waals surface area contributed by atoms with Crippen LogP contribution in [0.5, 0.6) is 0 Å². The van der Waals surface area contributed by atoms with E-state index in [9.17, 15) is 9.90 Å². The molecule has 1 N–H and O–H groups in total. The summed E-state index contributed by atoms with van der Waals surface area (Å²) < 4.78 is 10.2. The molecule has 1 aromatic carbocycles. The minimum atomic E-state index is -0.794. The van der Waals surface area contributed by atoms with Crippen molar-refractivity contribution in [1.82, 2.24) is 4.90 Å². The summed E-state index contributed by atoms with van der Waals surface area (Å²) in [6.07, 6.45) is 0.948. The highest BCUT2D eigenvalue weighted by molar-refractivity contribution is 5.67. The van der Waals surface area contributed by atoms with E-state index in [1.165, 1.54) is 0 Å². The molecule has 0 aliphatic heterocycles. The minimum Gasteiger partial charge on any atom is -0.481 e. The van der Waals surface area contributed by atoms with Crippen molar-refractivity contribution in [3.8, 4) is 0 Å². The summed E-state index contributed by atoms with van der Waals surface area (Å²) in [5.41, 5.74) is 1.02. The number of methoxy groups -OCH3 is 2. The summed E-state index contributed by atoms with van der Waals surface area (Å²) in [6.45, 7) is 2.73. The van der Waals surface area contributed by atoms with Gasteiger partial charge in [-0.25, -0.2) is 0 Å². The van der Waals surface area contributed by atoms with Gasteiger partial charge in [0, 0.05) is 40.0 Å². The van der Waals surface area contributed by atoms with Crippen molar-refractivity contribution in [3.05, 3.63) is 35.9 Å². The smallest absolute Gasteiger partial charge is 0.305 e. The SMILES string of the molecule is COCCCN(CCOC)C(CC(=O)O)c1ccccc1. The van der Waals surface area contributed by atoms with Crippen molar-refractivity contribution in [1.29, 1.82) is 0 Å². The van der Waals surface area contributed by atoms with Crippen LogP contribution < -0.4 is 0 Å². The van der Waals surface area contributed by atoms with Crippen LogP contribution in [0.4, 0.5) is 0 Å². The van der Waals surface area contributed by atoms with Crippen LogP contribution in [0.15, 0.2) is 30.3 Å². The van der Waals surface area contributed by atoms with Crippen molar-refractivity contribution >= 4 is 5.97 Å². The average molecular weight is 295 g/mol. The number of aliphatic carboxylic acids is 1. The third-order valence-electron chi connectivity index (χ3n) is 3.37. The summed E-state index contributed by atoms with van der Waals surface area (Å²) in [7, 11) is 3.33. The zero-order chi connectivity index (χ0) is 15.5. The summed E-state index contributed by atoms with van der Waals surface area (Å²) in [5, 5.41) is 9.21. The van der Waals surface area contributed by atoms with Crippen molar-refractivity contribution in [3.63, 3.8) is 0 Å². The molecule has 21 heavy (non-hydrogen) atoms. The predicted octanol–water partition coefficient (Wildman–Crippen LogP) is 2.19. The second-order valence-corrected chi connectivity index (χ2v) is 4.90. The Morgan fingerprint density at radius 3 is 2.38 bits per heavy atom. The Morgan fingerprint density at radius 2 is 1.81 bits per heavy atom. The van der Waals surface area contributed by atoms with Crippen LogP contribution in [-0.2, 0) is 14.3 Å². The molecule has 0 saturated carbocycles. The lowest BCUT2D eigenvalue weighted by molar-refractivity contribution is -0.138. The Labute approximate surface area is 126 Å². The van der Waals surface area contributed by atoms with Gasteiger partial charge in [0.2, 0.25) is 0 Å². The molecular weight excluding hydrogens is 270 g/mol. The molecule has 0 amide bonds. The number of benzene rings is 1. The second-order valence-electron chi connectivity index (χ2n) is 4.90. The molecule has 0 bridgehead atoms. The number of carboxylic acid groups (broad SMARTS) is 1. The number of hydrogen-bond acceptors (Lipinski definition) is 4. The second kappa shape index (κ2) is 10.3. The molecule has 1 atom stereocenters. The average Bonchev–Trinajstić information content (AvgIpc) is 2.49. The monoisotopic (exact) mass is 295 g/mol. The normalized spacial score (nSPS) is 12.5. The van der Waals surface area contributed by atoms with Crippen LogP contribution in [0, 0.1) is 0 Å². The van der Waals surface area contributed by atoms with Gasteiger partial charge >= 0.3 is 5.97 Å². The van der Waals surface area contributed by atoms with E-state index in [1.807, 2.05) is 30.3 Å². The Morgan fingerprint density at radius 1 is 1.14 bits per heavy atom. The van der Waals surface area contributed by atoms with Gasteiger partial charge < -0.3 is 14.6 Å². The van der Waals surface area contributed by atoms with Gasteiger partial charge in [0.25, 0.3) is 0 Å². The van der Waals surface area contributed by atoms with Crippen molar-refractivity contribution < 1.29 is 19.4 Å². The molecule has 1 unspecified atom stereocenters. The van der Waals surface area contributed by atoms with Crippen molar-refractivity contribution in [2.45, 2.75) is 18.9 Å². The summed E-state index contributed by atoms with van der Waals surface area (Å²) in [5.74, 6) is -0.794. The van der Waals surface area contributed by atoms with Gasteiger partial charge in [-0.05, 0) is 12.0 Å². The van der Waals surface area contributed by atoms with E-state index in [1.54, 1.807) is 14.2 Å². The maximum Gasteiger partial charge on any atom is 0.305 e. The van der Waals surface area contributed by atoms with Crippen LogP contribution in [0.1, 0.15) is 24.4 Å². The van der Waals surface area contributed by atoms with Crippen LogP contribution in [-0.4, -0.2) is 56.5 Å². The summed E-state index contributed by atoms with van der Waals surface area (Å²) in [6, 6.07) is 9.62. The molecule has 0 fully saturated rings. The molecule has 0 aliphatic carbocycles. The number of ether oxygens (including phenoxy) is 2. The first-order chi connectivity index (χ1) is 10.2. The van der Waals surface area contributed by atoms with Crippen LogP contribution in [0.25, 0.3) is 0 Å². The number of carboxylic acids is 1. The van der Waals surface area contributed by atoms with E-state index in [0.29, 0.717) is 19.8 Å². The molecule has 1 rings (SSSR count). The Kier molecular flexibility index (Phi) is 8.66. The molecule has 0 aliphatic rings. The first-order valence-corrected chi connectivity index (χ1v) is 7.17. The largest absolute Gasteiger partial charge is 0.481 e. The standard InChI is InChI=1S/C16H25NO4/c1-20-11-6-9-17(10-12-21-2)15(13-16(18)19)14-7-4-3-5-8-14/h3-5,7-8,15H,6,9-13H2,1-2H3,(H,18,19). The highest BCUT2D eigenvalue weighted by Crippen LogP contribution is 2.24. The number of carbonyl (C=O) groups is 1. The van der Waals surface area contributed by atoms with Gasteiger partial charge in [-0.1, -0.05) is 30.3 Å². The first-order valence-electron chi connectivity index (χ1n) is 7.17. The lowest BCUT2D eigenvalue weighted by atomic mass is 10.0. The Balaban J connectivity index is 2.84. The van der Waals surface area contributed by atoms with Gasteiger partial charge in [-0.3, -0.25) is 9.69 Å². The molecule has 0 saturated heterocycles. The van der Waals surface area contributed by atoms with Crippen molar-refractivity contribution in [2.75, 3.05) is 40.5 Å². The predicted molar refractivity (Wildman–Crippen MR) is 81.4 cm³/mol. The van der Waals surface area contributed by atoms with Crippen molar-refractivity contribution in [2.24, 2.45) is 0 Å². The van der Waals surface area contributed by atoms with E-state index in [2.05, 4.69) is 4.90 Å². The molecule has 1 aromatic rings. The maximum atomic E-state index is 11.2. The summed E-state index contributed by atoms with van der Waals surface area (Å²) in [4.78, 5) is 13.4. The molecule has 0 aromatic heterocycles. The number of nitrogens with zero attached hydrogens (tertiary/aromatic N) is 1. The van der Waals surface area contributed by atoms with Gasteiger partial charge in [0.1, 0.15) is 0 Å². The molecular formula is C16H25NO4. The third-order valence-corrected chi connectivity index (χ3v) is 3.37. The third kappa shape index (κ3) is 6.71. The fourth-order valence-corrected chi connectivity index (χ4v) is 2.34. The molecule has 5 heteroatoms. The lowest BCUT2D eigenvalue weighted by Gasteiger charge is -2.31. The molecule has 0 radical (unpaired) electrons. The van der Waals surface area contributed by atoms with E-state index < -0.39 is 5.97 Å². The zero-order valence-corrected chi connectivity index (χ0v) is 12.8. The van der Waals surface area contributed by atoms with Crippen LogP contribution >= 0.6 is 0 Å². The Hall–Kier alpha value is -1.43. The molecule has 0 spiro atoms. The van der Waals surface area contributed by atoms with E-state index in [-0.39, 0.29) is 12.5 Å². The molecule has 118 valence electrons. The van der Waals surface area contributed by atoms with E-state index in [0.717, 1.165) is 18.5 Å². The first kappa shape index (κ1) is 17.6. The molecule has 0 heterocycles. The van der Waals surface area contributed by atoms with Gasteiger partial charge in [-0.2, -0.15) is 0 Å². The number of hydrogen-bond donors (Lipinski definition) is 1. The lowest BCUT2D eigenvalue weighted by Crippen LogP contribution is -2.34. The topological polar surface area (TPSA) is 59.0 Å². The van der Waals surface area contributed by atoms with Gasteiger partial charge in [0.05, 0.1) is 13.0 Å². The molecule has 5 nitrogen and oxygen atoms in total. The highest BCUT2D eigenvalue weighted by atomic mass is 16.5. The fraction of sp³-hybridized carbons (Fsp3) is 0.562. The van der Waals surface area contributed by atoms with E-state index in [4.69, 9.17) is 9.47 Å².